The van der Waals surface area contributed by atoms with Crippen LogP contribution in [0.5, 0.6) is 5.88 Å². The second-order valence-corrected chi connectivity index (χ2v) is 5.20. The molecule has 0 bridgehead atoms. The lowest BCUT2D eigenvalue weighted by Gasteiger charge is -2.22. The number of rotatable bonds is 6. The summed E-state index contributed by atoms with van der Waals surface area (Å²) in [6, 6.07) is 5.46. The molecule has 0 amide bonds. The molecule has 0 spiro atoms. The second kappa shape index (κ2) is 7.85. The minimum Gasteiger partial charge on any atom is -0.475 e. The molecule has 0 saturated carbocycles. The standard InChI is InChI=1S/C16H20N4O3/c17-16-18-7-6-13(20-16)12-4-5-14(19-11-12)21-9-10-23-15-3-1-2-8-22-15/h4-7,11,15H,1-3,8-10H2,(H2,17,18,20). The van der Waals surface area contributed by atoms with Crippen LogP contribution in [0.1, 0.15) is 19.3 Å². The van der Waals surface area contributed by atoms with Gasteiger partial charge in [-0.1, -0.05) is 0 Å². The summed E-state index contributed by atoms with van der Waals surface area (Å²) in [6.07, 6.45) is 6.45. The average molecular weight is 316 g/mol. The Labute approximate surface area is 134 Å². The van der Waals surface area contributed by atoms with Gasteiger partial charge in [0.05, 0.1) is 12.3 Å². The molecule has 3 rings (SSSR count). The van der Waals surface area contributed by atoms with Gasteiger partial charge in [0, 0.05) is 30.6 Å². The average Bonchev–Trinajstić information content (AvgIpc) is 2.60. The fourth-order valence-corrected chi connectivity index (χ4v) is 2.32. The van der Waals surface area contributed by atoms with Gasteiger partial charge in [-0.3, -0.25) is 0 Å². The molecule has 122 valence electrons. The molecule has 1 aliphatic heterocycles. The van der Waals surface area contributed by atoms with Gasteiger partial charge in [-0.15, -0.1) is 0 Å². The fraction of sp³-hybridized carbons (Fsp3) is 0.438. The molecule has 2 aromatic heterocycles. The van der Waals surface area contributed by atoms with E-state index in [1.807, 2.05) is 6.07 Å². The van der Waals surface area contributed by atoms with Crippen LogP contribution in [0.25, 0.3) is 11.3 Å². The van der Waals surface area contributed by atoms with E-state index in [1.54, 1.807) is 24.5 Å². The van der Waals surface area contributed by atoms with Gasteiger partial charge in [0.25, 0.3) is 0 Å². The van der Waals surface area contributed by atoms with Crippen molar-refractivity contribution in [2.45, 2.75) is 25.6 Å². The lowest BCUT2D eigenvalue weighted by Crippen LogP contribution is -2.24. The maximum absolute atomic E-state index is 5.61. The molecular weight excluding hydrogens is 296 g/mol. The number of nitrogens with zero attached hydrogens (tertiary/aromatic N) is 3. The maximum Gasteiger partial charge on any atom is 0.220 e. The van der Waals surface area contributed by atoms with Gasteiger partial charge in [-0.2, -0.15) is 0 Å². The molecule has 0 aromatic carbocycles. The quantitative estimate of drug-likeness (QED) is 0.815. The van der Waals surface area contributed by atoms with Crippen LogP contribution >= 0.6 is 0 Å². The van der Waals surface area contributed by atoms with Crippen molar-refractivity contribution < 1.29 is 14.2 Å². The van der Waals surface area contributed by atoms with E-state index in [0.29, 0.717) is 19.1 Å². The lowest BCUT2D eigenvalue weighted by atomic mass is 10.2. The smallest absolute Gasteiger partial charge is 0.220 e. The van der Waals surface area contributed by atoms with Crippen LogP contribution in [-0.4, -0.2) is 41.1 Å². The molecule has 2 aromatic rings. The van der Waals surface area contributed by atoms with Crippen molar-refractivity contribution in [3.63, 3.8) is 0 Å². The van der Waals surface area contributed by atoms with E-state index >= 15 is 0 Å². The van der Waals surface area contributed by atoms with E-state index in [2.05, 4.69) is 15.0 Å². The number of hydrogen-bond donors (Lipinski definition) is 1. The number of aromatic nitrogens is 3. The van der Waals surface area contributed by atoms with Gasteiger partial charge in [0.15, 0.2) is 6.29 Å². The number of hydrogen-bond acceptors (Lipinski definition) is 7. The Balaban J connectivity index is 1.46. The number of nitrogen functional groups attached to an aromatic ring is 1. The summed E-state index contributed by atoms with van der Waals surface area (Å²) in [6.45, 7) is 1.70. The first-order chi connectivity index (χ1) is 11.3. The zero-order valence-corrected chi connectivity index (χ0v) is 12.9. The summed E-state index contributed by atoms with van der Waals surface area (Å²) in [5.74, 6) is 0.786. The van der Waals surface area contributed by atoms with Crippen molar-refractivity contribution in [3.05, 3.63) is 30.6 Å². The number of pyridine rings is 1. The van der Waals surface area contributed by atoms with Gasteiger partial charge < -0.3 is 19.9 Å². The molecule has 1 atom stereocenters. The molecule has 7 heteroatoms. The molecule has 2 N–H and O–H groups in total. The van der Waals surface area contributed by atoms with Gasteiger partial charge in [0.1, 0.15) is 6.61 Å². The zero-order valence-electron chi connectivity index (χ0n) is 12.9. The predicted octanol–water partition coefficient (Wildman–Crippen LogP) is 2.04. The van der Waals surface area contributed by atoms with E-state index in [9.17, 15) is 0 Å². The van der Waals surface area contributed by atoms with E-state index in [0.717, 1.165) is 37.1 Å². The van der Waals surface area contributed by atoms with Crippen LogP contribution in [0.3, 0.4) is 0 Å². The summed E-state index contributed by atoms with van der Waals surface area (Å²) in [7, 11) is 0. The Morgan fingerprint density at radius 3 is 2.87 bits per heavy atom. The molecule has 7 nitrogen and oxygen atoms in total. The number of ether oxygens (including phenoxy) is 3. The highest BCUT2D eigenvalue weighted by molar-refractivity contribution is 5.58. The number of anilines is 1. The molecule has 0 aliphatic carbocycles. The third-order valence-electron chi connectivity index (χ3n) is 3.48. The first kappa shape index (κ1) is 15.6. The Morgan fingerprint density at radius 1 is 1.17 bits per heavy atom. The summed E-state index contributed by atoms with van der Waals surface area (Å²) in [4.78, 5) is 12.3. The molecule has 1 fully saturated rings. The Bertz CT molecular complexity index is 615. The van der Waals surface area contributed by atoms with E-state index in [-0.39, 0.29) is 12.2 Å². The minimum atomic E-state index is -0.0918. The van der Waals surface area contributed by atoms with Gasteiger partial charge >= 0.3 is 0 Å². The van der Waals surface area contributed by atoms with Crippen LogP contribution in [0, 0.1) is 0 Å². The van der Waals surface area contributed by atoms with Gasteiger partial charge in [-0.05, 0) is 31.4 Å². The lowest BCUT2D eigenvalue weighted by molar-refractivity contribution is -0.165. The van der Waals surface area contributed by atoms with Crippen molar-refractivity contribution in [3.8, 4) is 17.1 Å². The third-order valence-corrected chi connectivity index (χ3v) is 3.48. The summed E-state index contributed by atoms with van der Waals surface area (Å²) in [5, 5.41) is 0. The van der Waals surface area contributed by atoms with Crippen molar-refractivity contribution in [1.29, 1.82) is 0 Å². The van der Waals surface area contributed by atoms with E-state index < -0.39 is 0 Å². The largest absolute Gasteiger partial charge is 0.475 e. The fourth-order valence-electron chi connectivity index (χ4n) is 2.32. The monoisotopic (exact) mass is 316 g/mol. The first-order valence-electron chi connectivity index (χ1n) is 7.72. The topological polar surface area (TPSA) is 92.4 Å². The zero-order chi connectivity index (χ0) is 15.9. The number of nitrogens with two attached hydrogens (primary N) is 1. The Morgan fingerprint density at radius 2 is 2.13 bits per heavy atom. The highest BCUT2D eigenvalue weighted by Crippen LogP contribution is 2.18. The van der Waals surface area contributed by atoms with Crippen molar-refractivity contribution in [2.75, 3.05) is 25.6 Å². The Kier molecular flexibility index (Phi) is 5.33. The summed E-state index contributed by atoms with van der Waals surface area (Å²) < 4.78 is 16.7. The maximum atomic E-state index is 5.61. The summed E-state index contributed by atoms with van der Waals surface area (Å²) >= 11 is 0. The van der Waals surface area contributed by atoms with Crippen molar-refractivity contribution >= 4 is 5.95 Å². The van der Waals surface area contributed by atoms with Crippen LogP contribution in [-0.2, 0) is 9.47 Å². The molecule has 23 heavy (non-hydrogen) atoms. The highest BCUT2D eigenvalue weighted by atomic mass is 16.7. The second-order valence-electron chi connectivity index (χ2n) is 5.20. The van der Waals surface area contributed by atoms with Crippen LogP contribution in [0.2, 0.25) is 0 Å². The third kappa shape index (κ3) is 4.61. The molecular formula is C16H20N4O3. The van der Waals surface area contributed by atoms with Crippen LogP contribution in [0.4, 0.5) is 5.95 Å². The van der Waals surface area contributed by atoms with Gasteiger partial charge in [0.2, 0.25) is 11.8 Å². The molecule has 3 heterocycles. The first-order valence-corrected chi connectivity index (χ1v) is 7.72. The van der Waals surface area contributed by atoms with Crippen LogP contribution < -0.4 is 10.5 Å². The molecule has 1 saturated heterocycles. The van der Waals surface area contributed by atoms with Gasteiger partial charge in [-0.25, -0.2) is 15.0 Å². The van der Waals surface area contributed by atoms with Crippen molar-refractivity contribution in [1.82, 2.24) is 15.0 Å². The highest BCUT2D eigenvalue weighted by Gasteiger charge is 2.13. The normalized spacial score (nSPS) is 17.8. The minimum absolute atomic E-state index is 0.0918. The van der Waals surface area contributed by atoms with Crippen molar-refractivity contribution in [2.24, 2.45) is 0 Å². The predicted molar refractivity (Wildman–Crippen MR) is 84.7 cm³/mol. The molecule has 0 radical (unpaired) electrons. The van der Waals surface area contributed by atoms with Crippen LogP contribution in [0.15, 0.2) is 30.6 Å². The van der Waals surface area contributed by atoms with E-state index in [1.165, 1.54) is 0 Å². The summed E-state index contributed by atoms with van der Waals surface area (Å²) in [5.41, 5.74) is 7.17. The molecule has 1 aliphatic rings. The molecule has 1 unspecified atom stereocenters. The van der Waals surface area contributed by atoms with E-state index in [4.69, 9.17) is 19.9 Å². The SMILES string of the molecule is Nc1nccc(-c2ccc(OCCOC3CCCCO3)nc2)n1. The Hall–Kier alpha value is -2.25.